The van der Waals surface area contributed by atoms with Crippen LogP contribution in [0.1, 0.15) is 16.8 Å². The van der Waals surface area contributed by atoms with Gasteiger partial charge >= 0.3 is 6.15 Å². The quantitative estimate of drug-likeness (QED) is 0.806. The molecular formula is C17H16N2O3. The molecule has 2 aromatic heterocycles. The summed E-state index contributed by atoms with van der Waals surface area (Å²) in [6.45, 7) is 2.05. The molecule has 0 bridgehead atoms. The monoisotopic (exact) mass is 296 g/mol. The first-order valence-electron chi connectivity index (χ1n) is 6.72. The number of benzene rings is 1. The number of nitrogens with one attached hydrogen (secondary N) is 1. The number of methoxy groups -OCH3 is 1. The maximum Gasteiger partial charge on any atom is 0.373 e. The number of aromatic amines is 1. The van der Waals surface area contributed by atoms with Crippen LogP contribution in [-0.4, -0.2) is 23.2 Å². The van der Waals surface area contributed by atoms with Crippen molar-refractivity contribution in [1.29, 1.82) is 0 Å². The van der Waals surface area contributed by atoms with Gasteiger partial charge in [0.15, 0.2) is 0 Å². The van der Waals surface area contributed by atoms with Crippen LogP contribution in [0.25, 0.3) is 11.0 Å². The highest BCUT2D eigenvalue weighted by molar-refractivity contribution is 5.77. The first-order valence-corrected chi connectivity index (χ1v) is 6.72. The Morgan fingerprint density at radius 3 is 2.45 bits per heavy atom. The molecule has 3 aromatic rings. The van der Waals surface area contributed by atoms with Crippen LogP contribution in [0.15, 0.2) is 42.6 Å². The van der Waals surface area contributed by atoms with Crippen LogP contribution in [0.3, 0.4) is 0 Å². The van der Waals surface area contributed by atoms with Crippen molar-refractivity contribution < 1.29 is 14.3 Å². The van der Waals surface area contributed by atoms with E-state index in [4.69, 9.17) is 14.3 Å². The maximum absolute atomic E-state index is 8.12. The van der Waals surface area contributed by atoms with E-state index in [0.29, 0.717) is 0 Å². The number of hydrogen-bond donors (Lipinski definition) is 1. The molecule has 5 heteroatoms. The Morgan fingerprint density at radius 2 is 1.82 bits per heavy atom. The summed E-state index contributed by atoms with van der Waals surface area (Å²) in [5.74, 6) is 0.888. The zero-order valence-corrected chi connectivity index (χ0v) is 12.4. The summed E-state index contributed by atoms with van der Waals surface area (Å²) >= 11 is 0. The molecule has 0 aliphatic heterocycles. The van der Waals surface area contributed by atoms with Gasteiger partial charge in [0, 0.05) is 17.3 Å². The predicted molar refractivity (Wildman–Crippen MR) is 81.6 cm³/mol. The molecule has 0 fully saturated rings. The summed E-state index contributed by atoms with van der Waals surface area (Å²) in [5, 5.41) is 1.17. The number of aromatic nitrogens is 2. The van der Waals surface area contributed by atoms with E-state index >= 15 is 0 Å². The Morgan fingerprint density at radius 1 is 1.14 bits per heavy atom. The summed E-state index contributed by atoms with van der Waals surface area (Å²) in [4.78, 5) is 23.9. The molecule has 0 saturated carbocycles. The number of ether oxygens (including phenoxy) is 1. The summed E-state index contributed by atoms with van der Waals surface area (Å²) in [5.41, 5.74) is 4.57. The lowest BCUT2D eigenvalue weighted by Crippen LogP contribution is -1.90. The van der Waals surface area contributed by atoms with Gasteiger partial charge in [-0.15, -0.1) is 0 Å². The van der Waals surface area contributed by atoms with E-state index in [1.54, 1.807) is 7.11 Å². The maximum atomic E-state index is 8.12. The molecule has 0 aliphatic rings. The zero-order valence-electron chi connectivity index (χ0n) is 12.4. The molecule has 1 N–H and O–H groups in total. The molecule has 5 nitrogen and oxygen atoms in total. The Labute approximate surface area is 128 Å². The second-order valence-corrected chi connectivity index (χ2v) is 4.84. The van der Waals surface area contributed by atoms with E-state index in [1.807, 2.05) is 25.3 Å². The molecule has 22 heavy (non-hydrogen) atoms. The number of pyridine rings is 1. The summed E-state index contributed by atoms with van der Waals surface area (Å²) < 4.78 is 5.16. The van der Waals surface area contributed by atoms with Crippen LogP contribution in [0.2, 0.25) is 0 Å². The number of rotatable bonds is 3. The van der Waals surface area contributed by atoms with Gasteiger partial charge in [-0.05, 0) is 48.7 Å². The van der Waals surface area contributed by atoms with Crippen molar-refractivity contribution >= 4 is 17.2 Å². The number of aryl methyl sites for hydroxylation is 1. The van der Waals surface area contributed by atoms with Crippen LogP contribution in [0.4, 0.5) is 0 Å². The first-order chi connectivity index (χ1) is 10.7. The van der Waals surface area contributed by atoms with Gasteiger partial charge in [0.25, 0.3) is 0 Å². The van der Waals surface area contributed by atoms with Crippen molar-refractivity contribution in [3.63, 3.8) is 0 Å². The Balaban J connectivity index is 0.000000545. The Kier molecular flexibility index (Phi) is 5.07. The fraction of sp³-hybridized carbons (Fsp3) is 0.176. The third kappa shape index (κ3) is 3.81. The largest absolute Gasteiger partial charge is 0.497 e. The molecule has 0 saturated heterocycles. The number of carbonyl (C=O) groups excluding carboxylic acids is 2. The lowest BCUT2D eigenvalue weighted by atomic mass is 10.1. The molecule has 0 atom stereocenters. The summed E-state index contributed by atoms with van der Waals surface area (Å²) in [7, 11) is 1.68. The number of nitrogens with zero attached hydrogens (tertiary/aromatic N) is 1. The third-order valence-corrected chi connectivity index (χ3v) is 3.23. The van der Waals surface area contributed by atoms with E-state index in [9.17, 15) is 0 Å². The zero-order chi connectivity index (χ0) is 15.9. The van der Waals surface area contributed by atoms with Gasteiger partial charge in [0.1, 0.15) is 11.4 Å². The molecular weight excluding hydrogens is 280 g/mol. The Hall–Kier alpha value is -2.91. The highest BCUT2D eigenvalue weighted by atomic mass is 16.5. The fourth-order valence-corrected chi connectivity index (χ4v) is 2.27. The van der Waals surface area contributed by atoms with Crippen molar-refractivity contribution in [2.45, 2.75) is 13.3 Å². The van der Waals surface area contributed by atoms with Gasteiger partial charge in [-0.25, -0.2) is 4.98 Å². The van der Waals surface area contributed by atoms with Crippen molar-refractivity contribution in [3.8, 4) is 5.75 Å². The van der Waals surface area contributed by atoms with Crippen molar-refractivity contribution in [2.75, 3.05) is 7.11 Å². The SMILES string of the molecule is COc1ccc(Cc2cnc3[nH]c(C)cc3c2)cc1.O=C=O. The highest BCUT2D eigenvalue weighted by Gasteiger charge is 2.02. The van der Waals surface area contributed by atoms with Crippen LogP contribution in [0.5, 0.6) is 5.75 Å². The smallest absolute Gasteiger partial charge is 0.373 e. The molecule has 0 radical (unpaired) electrons. The molecule has 1 aromatic carbocycles. The van der Waals surface area contributed by atoms with Crippen molar-refractivity contribution in [3.05, 3.63) is 59.4 Å². The standard InChI is InChI=1S/C16H16N2O.CO2/c1-11-7-14-9-13(10-17-16(14)18-11)8-12-3-5-15(19-2)6-4-12;2-1-3/h3-7,9-10H,8H2,1-2H3,(H,17,18);. The van der Waals surface area contributed by atoms with E-state index in [-0.39, 0.29) is 6.15 Å². The van der Waals surface area contributed by atoms with Gasteiger partial charge in [0.2, 0.25) is 0 Å². The number of fused-ring (bicyclic) bond motifs is 1. The van der Waals surface area contributed by atoms with Crippen LogP contribution < -0.4 is 4.74 Å². The van der Waals surface area contributed by atoms with Crippen LogP contribution >= 0.6 is 0 Å². The van der Waals surface area contributed by atoms with E-state index in [0.717, 1.165) is 23.5 Å². The molecule has 0 aliphatic carbocycles. The van der Waals surface area contributed by atoms with E-state index < -0.39 is 0 Å². The van der Waals surface area contributed by atoms with Gasteiger partial charge < -0.3 is 9.72 Å². The average Bonchev–Trinajstić information content (AvgIpc) is 2.88. The topological polar surface area (TPSA) is 72.0 Å². The van der Waals surface area contributed by atoms with Crippen molar-refractivity contribution in [1.82, 2.24) is 9.97 Å². The minimum atomic E-state index is 0.250. The highest BCUT2D eigenvalue weighted by Crippen LogP contribution is 2.18. The third-order valence-electron chi connectivity index (χ3n) is 3.23. The summed E-state index contributed by atoms with van der Waals surface area (Å²) in [6, 6.07) is 12.5. The molecule has 112 valence electrons. The Bertz CT molecular complexity index is 785. The van der Waals surface area contributed by atoms with Gasteiger partial charge in [0.05, 0.1) is 7.11 Å². The number of H-pyrrole nitrogens is 1. The van der Waals surface area contributed by atoms with E-state index in [2.05, 4.69) is 34.2 Å². The van der Waals surface area contributed by atoms with Crippen LogP contribution in [-0.2, 0) is 16.0 Å². The minimum absolute atomic E-state index is 0.250. The van der Waals surface area contributed by atoms with E-state index in [1.165, 1.54) is 16.5 Å². The van der Waals surface area contributed by atoms with Gasteiger partial charge in [-0.3, -0.25) is 0 Å². The molecule has 2 heterocycles. The lowest BCUT2D eigenvalue weighted by Gasteiger charge is -2.04. The normalized spacial score (nSPS) is 9.73. The fourth-order valence-electron chi connectivity index (χ4n) is 2.27. The minimum Gasteiger partial charge on any atom is -0.497 e. The second kappa shape index (κ2) is 7.20. The first kappa shape index (κ1) is 15.5. The van der Waals surface area contributed by atoms with Gasteiger partial charge in [-0.1, -0.05) is 12.1 Å². The van der Waals surface area contributed by atoms with Crippen LogP contribution in [0, 0.1) is 6.92 Å². The molecule has 0 unspecified atom stereocenters. The van der Waals surface area contributed by atoms with Gasteiger partial charge in [-0.2, -0.15) is 9.59 Å². The molecule has 0 spiro atoms. The van der Waals surface area contributed by atoms with Crippen molar-refractivity contribution in [2.24, 2.45) is 0 Å². The second-order valence-electron chi connectivity index (χ2n) is 4.84. The molecule has 3 rings (SSSR count). The number of hydrogen-bond acceptors (Lipinski definition) is 4. The predicted octanol–water partition coefficient (Wildman–Crippen LogP) is 2.89. The molecule has 0 amide bonds. The lowest BCUT2D eigenvalue weighted by molar-refractivity contribution is -0.191. The average molecular weight is 296 g/mol. The summed E-state index contributed by atoms with van der Waals surface area (Å²) in [6.07, 6.45) is 3.07.